The summed E-state index contributed by atoms with van der Waals surface area (Å²) in [4.78, 5) is 31.0. The fourth-order valence-corrected chi connectivity index (χ4v) is 3.06. The average molecular weight is 361 g/mol. The minimum Gasteiger partial charge on any atom is -0.368 e. The Hall–Kier alpha value is -3.19. The third kappa shape index (κ3) is 4.15. The summed E-state index contributed by atoms with van der Waals surface area (Å²) in [6.45, 7) is 1.60. The van der Waals surface area contributed by atoms with Crippen LogP contribution in [0.15, 0.2) is 61.6 Å². The molecule has 27 heavy (non-hydrogen) atoms. The Balaban J connectivity index is 1.43. The first kappa shape index (κ1) is 17.2. The second-order valence-electron chi connectivity index (χ2n) is 6.33. The molecule has 1 aliphatic heterocycles. The zero-order valence-electron chi connectivity index (χ0n) is 14.7. The zero-order chi connectivity index (χ0) is 18.5. The number of amides is 1. The summed E-state index contributed by atoms with van der Waals surface area (Å²) in [5.74, 6) is 0.0903. The number of hydrogen-bond donors (Lipinski definition) is 0. The fraction of sp³-hybridized carbons (Fsp3) is 0.250. The Kier molecular flexibility index (Phi) is 5.11. The summed E-state index contributed by atoms with van der Waals surface area (Å²) < 4.78 is 5.85. The van der Waals surface area contributed by atoms with Crippen LogP contribution in [0.1, 0.15) is 17.4 Å². The van der Waals surface area contributed by atoms with E-state index < -0.39 is 0 Å². The van der Waals surface area contributed by atoms with E-state index in [-0.39, 0.29) is 12.0 Å². The van der Waals surface area contributed by atoms with Crippen LogP contribution in [0.5, 0.6) is 0 Å². The Morgan fingerprint density at radius 3 is 2.59 bits per heavy atom. The van der Waals surface area contributed by atoms with Gasteiger partial charge in [-0.15, -0.1) is 0 Å². The van der Waals surface area contributed by atoms with Gasteiger partial charge in [0.05, 0.1) is 25.3 Å². The highest BCUT2D eigenvalue weighted by Gasteiger charge is 2.26. The lowest BCUT2D eigenvalue weighted by molar-refractivity contribution is -0.138. The third-order valence-corrected chi connectivity index (χ3v) is 4.53. The van der Waals surface area contributed by atoms with Crippen molar-refractivity contribution < 1.29 is 9.53 Å². The number of carbonyl (C=O) groups excluding carboxylic acids is 1. The van der Waals surface area contributed by atoms with Gasteiger partial charge in [-0.1, -0.05) is 6.07 Å². The molecule has 0 aromatic carbocycles. The molecule has 7 heteroatoms. The smallest absolute Gasteiger partial charge is 0.227 e. The van der Waals surface area contributed by atoms with E-state index in [1.165, 1.54) is 6.33 Å². The maximum absolute atomic E-state index is 12.6. The van der Waals surface area contributed by atoms with E-state index in [0.29, 0.717) is 26.1 Å². The van der Waals surface area contributed by atoms with Gasteiger partial charge in [0.1, 0.15) is 12.4 Å². The Bertz CT molecular complexity index is 887. The molecular weight excluding hydrogens is 342 g/mol. The van der Waals surface area contributed by atoms with Gasteiger partial charge in [0, 0.05) is 48.7 Å². The molecule has 1 amide bonds. The molecule has 4 rings (SSSR count). The Morgan fingerprint density at radius 2 is 1.85 bits per heavy atom. The summed E-state index contributed by atoms with van der Waals surface area (Å²) >= 11 is 0. The van der Waals surface area contributed by atoms with Crippen molar-refractivity contribution in [2.24, 2.45) is 0 Å². The standard InChI is InChI=1S/C20H19N5O2/c26-20(9-15-3-5-21-6-4-15)25-7-8-27-19(13-25)18-2-1-16(12-24-18)17-10-22-14-23-11-17/h1-6,10-12,14,19H,7-9,13H2. The lowest BCUT2D eigenvalue weighted by atomic mass is 10.1. The number of pyridine rings is 2. The molecule has 4 heterocycles. The molecule has 1 atom stereocenters. The van der Waals surface area contributed by atoms with E-state index in [9.17, 15) is 4.79 Å². The number of carbonyl (C=O) groups is 1. The fourth-order valence-electron chi connectivity index (χ4n) is 3.06. The number of morpholine rings is 1. The van der Waals surface area contributed by atoms with E-state index in [1.807, 2.05) is 29.2 Å². The second kappa shape index (κ2) is 8.01. The van der Waals surface area contributed by atoms with Crippen molar-refractivity contribution in [1.82, 2.24) is 24.8 Å². The highest BCUT2D eigenvalue weighted by Crippen LogP contribution is 2.23. The monoisotopic (exact) mass is 361 g/mol. The van der Waals surface area contributed by atoms with Crippen LogP contribution in [0.2, 0.25) is 0 Å². The van der Waals surface area contributed by atoms with Crippen molar-refractivity contribution in [3.05, 3.63) is 72.8 Å². The van der Waals surface area contributed by atoms with Crippen LogP contribution < -0.4 is 0 Å². The highest BCUT2D eigenvalue weighted by atomic mass is 16.5. The normalized spacial score (nSPS) is 16.9. The van der Waals surface area contributed by atoms with Gasteiger partial charge >= 0.3 is 0 Å². The predicted octanol–water partition coefficient (Wildman–Crippen LogP) is 2.08. The first-order valence-corrected chi connectivity index (χ1v) is 8.79. The molecule has 1 unspecified atom stereocenters. The van der Waals surface area contributed by atoms with Gasteiger partial charge in [0.2, 0.25) is 5.91 Å². The van der Waals surface area contributed by atoms with Crippen LogP contribution in [0.25, 0.3) is 11.1 Å². The van der Waals surface area contributed by atoms with Crippen LogP contribution in [0.3, 0.4) is 0 Å². The lowest BCUT2D eigenvalue weighted by Gasteiger charge is -2.32. The van der Waals surface area contributed by atoms with Gasteiger partial charge in [0.15, 0.2) is 0 Å². The van der Waals surface area contributed by atoms with Gasteiger partial charge in [0.25, 0.3) is 0 Å². The lowest BCUT2D eigenvalue weighted by Crippen LogP contribution is -2.43. The van der Waals surface area contributed by atoms with Crippen LogP contribution in [-0.2, 0) is 16.0 Å². The highest BCUT2D eigenvalue weighted by molar-refractivity contribution is 5.78. The Labute approximate surface area is 157 Å². The quantitative estimate of drug-likeness (QED) is 0.708. The van der Waals surface area contributed by atoms with Crippen LogP contribution >= 0.6 is 0 Å². The molecule has 0 spiro atoms. The molecule has 1 aliphatic rings. The maximum Gasteiger partial charge on any atom is 0.227 e. The van der Waals surface area contributed by atoms with E-state index in [1.54, 1.807) is 31.0 Å². The van der Waals surface area contributed by atoms with Crippen molar-refractivity contribution in [3.63, 3.8) is 0 Å². The maximum atomic E-state index is 12.6. The van der Waals surface area contributed by atoms with Crippen LogP contribution in [-0.4, -0.2) is 50.4 Å². The van der Waals surface area contributed by atoms with Crippen molar-refractivity contribution in [2.75, 3.05) is 19.7 Å². The molecule has 1 fully saturated rings. The Morgan fingerprint density at radius 1 is 1.04 bits per heavy atom. The molecule has 0 radical (unpaired) electrons. The summed E-state index contributed by atoms with van der Waals surface area (Å²) in [7, 11) is 0. The van der Waals surface area contributed by atoms with Crippen molar-refractivity contribution in [1.29, 1.82) is 0 Å². The number of aromatic nitrogens is 4. The van der Waals surface area contributed by atoms with E-state index in [0.717, 1.165) is 22.4 Å². The molecule has 1 saturated heterocycles. The van der Waals surface area contributed by atoms with Crippen LogP contribution in [0.4, 0.5) is 0 Å². The topological polar surface area (TPSA) is 81.1 Å². The van der Waals surface area contributed by atoms with Crippen molar-refractivity contribution in [2.45, 2.75) is 12.5 Å². The molecule has 0 N–H and O–H groups in total. The molecular formula is C20H19N5O2. The van der Waals surface area contributed by atoms with E-state index in [4.69, 9.17) is 4.74 Å². The minimum atomic E-state index is -0.221. The van der Waals surface area contributed by atoms with Gasteiger partial charge in [-0.3, -0.25) is 14.8 Å². The van der Waals surface area contributed by atoms with Crippen LogP contribution in [0, 0.1) is 0 Å². The van der Waals surface area contributed by atoms with Crippen molar-refractivity contribution >= 4 is 5.91 Å². The predicted molar refractivity (Wildman–Crippen MR) is 98.5 cm³/mol. The molecule has 0 bridgehead atoms. The third-order valence-electron chi connectivity index (χ3n) is 4.53. The first-order chi connectivity index (χ1) is 13.3. The molecule has 136 valence electrons. The number of ether oxygens (including phenoxy) is 1. The van der Waals surface area contributed by atoms with E-state index in [2.05, 4.69) is 19.9 Å². The number of rotatable bonds is 4. The number of hydrogen-bond acceptors (Lipinski definition) is 6. The minimum absolute atomic E-state index is 0.0903. The average Bonchev–Trinajstić information content (AvgIpc) is 2.75. The molecule has 3 aromatic rings. The van der Waals surface area contributed by atoms with Crippen molar-refractivity contribution in [3.8, 4) is 11.1 Å². The number of nitrogens with zero attached hydrogens (tertiary/aromatic N) is 5. The second-order valence-corrected chi connectivity index (χ2v) is 6.33. The van der Waals surface area contributed by atoms with Gasteiger partial charge in [-0.25, -0.2) is 9.97 Å². The summed E-state index contributed by atoms with van der Waals surface area (Å²) in [6.07, 6.45) is 10.3. The summed E-state index contributed by atoms with van der Waals surface area (Å²) in [6, 6.07) is 7.64. The molecule has 7 nitrogen and oxygen atoms in total. The first-order valence-electron chi connectivity index (χ1n) is 8.79. The van der Waals surface area contributed by atoms with Gasteiger partial charge in [-0.05, 0) is 23.8 Å². The SMILES string of the molecule is O=C(Cc1ccncc1)N1CCOC(c2ccc(-c3cncnc3)cn2)C1. The largest absolute Gasteiger partial charge is 0.368 e. The van der Waals surface area contributed by atoms with Gasteiger partial charge < -0.3 is 9.64 Å². The summed E-state index contributed by atoms with van der Waals surface area (Å²) in [5, 5.41) is 0. The van der Waals surface area contributed by atoms with Gasteiger partial charge in [-0.2, -0.15) is 0 Å². The van der Waals surface area contributed by atoms with E-state index >= 15 is 0 Å². The molecule has 0 aliphatic carbocycles. The summed E-state index contributed by atoms with van der Waals surface area (Å²) in [5.41, 5.74) is 3.64. The molecule has 3 aromatic heterocycles. The zero-order valence-corrected chi connectivity index (χ0v) is 14.7. The molecule has 0 saturated carbocycles.